The van der Waals surface area contributed by atoms with Crippen molar-refractivity contribution in [1.82, 2.24) is 0 Å². The molecule has 0 aliphatic rings. The number of aryl methyl sites for hydroxylation is 1. The highest BCUT2D eigenvalue weighted by molar-refractivity contribution is 8.31. The Morgan fingerprint density at radius 2 is 1.11 bits per heavy atom. The fourth-order valence-electron chi connectivity index (χ4n) is 1.32. The van der Waals surface area contributed by atoms with Crippen molar-refractivity contribution in [2.75, 3.05) is 37.5 Å². The zero-order valence-corrected chi connectivity index (χ0v) is 19.3. The highest BCUT2D eigenvalue weighted by atomic mass is 32.3. The van der Waals surface area contributed by atoms with Crippen molar-refractivity contribution in [2.24, 2.45) is 0 Å². The van der Waals surface area contributed by atoms with Crippen LogP contribution < -0.4 is 0 Å². The number of hydrogen-bond acceptors (Lipinski definition) is 6. The third kappa shape index (κ3) is 10.6. The molecule has 1 rings (SSSR count). The van der Waals surface area contributed by atoms with Crippen LogP contribution in [0.1, 0.15) is 5.56 Å². The molecule has 162 valence electrons. The van der Waals surface area contributed by atoms with Gasteiger partial charge in [-0.15, -0.1) is 20.6 Å². The van der Waals surface area contributed by atoms with Crippen molar-refractivity contribution in [3.05, 3.63) is 29.8 Å². The summed E-state index contributed by atoms with van der Waals surface area (Å²) in [5, 5.41) is 0. The number of alkyl halides is 3. The van der Waals surface area contributed by atoms with Gasteiger partial charge in [0.2, 0.25) is 0 Å². The second kappa shape index (κ2) is 8.91. The molecule has 0 fully saturated rings. The fraction of sp³-hybridized carbons (Fsp3) is 0.571. The van der Waals surface area contributed by atoms with E-state index in [0.29, 0.717) is 0 Å². The quantitative estimate of drug-likeness (QED) is 0.604. The monoisotopic (exact) mass is 474 g/mol. The molecule has 27 heavy (non-hydrogen) atoms. The van der Waals surface area contributed by atoms with E-state index in [9.17, 15) is 30.0 Å². The molecule has 13 heteroatoms. The Kier molecular flexibility index (Phi) is 8.75. The minimum Gasteiger partial charge on any atom is -0.217 e. The van der Waals surface area contributed by atoms with E-state index < -0.39 is 46.4 Å². The van der Waals surface area contributed by atoms with Crippen LogP contribution in [-0.2, 0) is 27.5 Å². The Morgan fingerprint density at radius 3 is 1.37 bits per heavy atom. The average Bonchev–Trinajstić information content (AvgIpc) is 2.32. The standard InChI is InChI=1S/C10H16O3S2.C4H9F3O3S2/c1-9-5-7-10(8-6-9)15(11,12)13-14(2,3)4;1-11(2,3)10-12(8,9)4(5,6)7/h5-8H,1-4H3;1-3H3. The molecule has 0 saturated carbocycles. The lowest BCUT2D eigenvalue weighted by Crippen LogP contribution is -2.26. The van der Waals surface area contributed by atoms with Crippen LogP contribution in [0.2, 0.25) is 0 Å². The van der Waals surface area contributed by atoms with Gasteiger partial charge in [0.05, 0.1) is 4.90 Å². The average molecular weight is 475 g/mol. The Labute approximate surface area is 162 Å². The van der Waals surface area contributed by atoms with Crippen LogP contribution in [0.4, 0.5) is 13.2 Å². The largest absolute Gasteiger partial charge is 0.523 e. The minimum absolute atomic E-state index is 0.218. The van der Waals surface area contributed by atoms with Gasteiger partial charge in [-0.3, -0.25) is 0 Å². The smallest absolute Gasteiger partial charge is 0.217 e. The molecule has 0 aromatic heterocycles. The molecular formula is C14H25F3O6S4. The summed E-state index contributed by atoms with van der Waals surface area (Å²) in [6, 6.07) is 6.65. The Morgan fingerprint density at radius 1 is 0.741 bits per heavy atom. The molecule has 0 spiro atoms. The van der Waals surface area contributed by atoms with Crippen LogP contribution in [-0.4, -0.2) is 59.9 Å². The number of benzene rings is 1. The van der Waals surface area contributed by atoms with Crippen LogP contribution in [0.25, 0.3) is 0 Å². The molecule has 1 aromatic carbocycles. The van der Waals surface area contributed by atoms with Gasteiger partial charge >= 0.3 is 25.7 Å². The fourth-order valence-corrected chi connectivity index (χ4v) is 6.71. The highest BCUT2D eigenvalue weighted by Crippen LogP contribution is 2.42. The SMILES string of the molecule is CS(C)(C)OS(=O)(=O)C(F)(F)F.Cc1ccc(S(=O)(=O)OS(C)(C)C)cc1. The molecule has 0 atom stereocenters. The summed E-state index contributed by atoms with van der Waals surface area (Å²) in [5.74, 6) is 0. The first-order chi connectivity index (χ1) is 11.7. The molecule has 0 bridgehead atoms. The topological polar surface area (TPSA) is 86.7 Å². The molecule has 0 N–H and O–H groups in total. The van der Waals surface area contributed by atoms with Gasteiger partial charge in [0.15, 0.2) is 0 Å². The zero-order chi connectivity index (χ0) is 21.9. The van der Waals surface area contributed by atoms with Crippen molar-refractivity contribution >= 4 is 40.9 Å². The first-order valence-corrected chi connectivity index (χ1v) is 15.5. The van der Waals surface area contributed by atoms with E-state index in [4.69, 9.17) is 3.63 Å². The van der Waals surface area contributed by atoms with E-state index in [0.717, 1.165) is 5.56 Å². The zero-order valence-electron chi connectivity index (χ0n) is 16.0. The lowest BCUT2D eigenvalue weighted by molar-refractivity contribution is -0.0495. The molecular weight excluding hydrogens is 449 g/mol. The van der Waals surface area contributed by atoms with Crippen LogP contribution in [0.15, 0.2) is 29.2 Å². The first-order valence-electron chi connectivity index (χ1n) is 7.08. The van der Waals surface area contributed by atoms with Crippen molar-refractivity contribution in [3.63, 3.8) is 0 Å². The Balaban J connectivity index is 0.000000516. The summed E-state index contributed by atoms with van der Waals surface area (Å²) >= 11 is 0. The molecule has 0 heterocycles. The first kappa shape index (κ1) is 26.5. The summed E-state index contributed by atoms with van der Waals surface area (Å²) in [6.07, 6.45) is 9.28. The van der Waals surface area contributed by atoms with E-state index in [1.807, 2.05) is 6.92 Å². The normalized spacial score (nSPS) is 14.9. The number of halogens is 3. The molecule has 0 aliphatic heterocycles. The van der Waals surface area contributed by atoms with Crippen LogP contribution in [0.5, 0.6) is 0 Å². The second-order valence-electron chi connectivity index (χ2n) is 6.75. The predicted octanol–water partition coefficient (Wildman–Crippen LogP) is 3.77. The van der Waals surface area contributed by atoms with Crippen LogP contribution in [0.3, 0.4) is 0 Å². The number of rotatable bonds is 5. The van der Waals surface area contributed by atoms with E-state index in [-0.39, 0.29) is 4.90 Å². The summed E-state index contributed by atoms with van der Waals surface area (Å²) in [4.78, 5) is 0.218. The van der Waals surface area contributed by atoms with Crippen molar-refractivity contribution in [2.45, 2.75) is 17.3 Å². The Hall–Kier alpha value is -0.470. The third-order valence-electron chi connectivity index (χ3n) is 2.18. The van der Waals surface area contributed by atoms with Crippen molar-refractivity contribution in [3.8, 4) is 0 Å². The molecule has 1 aromatic rings. The van der Waals surface area contributed by atoms with Gasteiger partial charge in [-0.25, -0.2) is 7.26 Å². The van der Waals surface area contributed by atoms with E-state index >= 15 is 0 Å². The van der Waals surface area contributed by atoms with Gasteiger partial charge < -0.3 is 0 Å². The molecule has 0 unspecified atom stereocenters. The summed E-state index contributed by atoms with van der Waals surface area (Å²) < 4.78 is 88.2. The summed E-state index contributed by atoms with van der Waals surface area (Å²) in [6.45, 7) is 1.91. The van der Waals surface area contributed by atoms with E-state index in [1.54, 1.807) is 43.0 Å². The van der Waals surface area contributed by atoms with Gasteiger partial charge in [-0.2, -0.15) is 30.0 Å². The third-order valence-corrected chi connectivity index (χ3v) is 8.30. The van der Waals surface area contributed by atoms with Crippen molar-refractivity contribution < 1.29 is 37.3 Å². The van der Waals surface area contributed by atoms with Gasteiger partial charge in [0.25, 0.3) is 0 Å². The van der Waals surface area contributed by atoms with Gasteiger partial charge in [-0.05, 0) is 56.6 Å². The molecule has 0 aliphatic carbocycles. The number of hydrogen-bond donors (Lipinski definition) is 0. The highest BCUT2D eigenvalue weighted by Gasteiger charge is 2.48. The molecule has 6 nitrogen and oxygen atoms in total. The molecule has 0 radical (unpaired) electrons. The van der Waals surface area contributed by atoms with Crippen molar-refractivity contribution in [1.29, 1.82) is 0 Å². The summed E-state index contributed by atoms with van der Waals surface area (Å²) in [5.41, 5.74) is -4.30. The van der Waals surface area contributed by atoms with Crippen LogP contribution in [0, 0.1) is 6.92 Å². The maximum atomic E-state index is 11.8. The summed E-state index contributed by atoms with van der Waals surface area (Å²) in [7, 11) is -12.7. The van der Waals surface area contributed by atoms with Gasteiger partial charge in [-0.1, -0.05) is 17.7 Å². The lowest BCUT2D eigenvalue weighted by atomic mass is 10.2. The van der Waals surface area contributed by atoms with E-state index in [2.05, 4.69) is 3.63 Å². The van der Waals surface area contributed by atoms with Gasteiger partial charge in [0.1, 0.15) is 0 Å². The van der Waals surface area contributed by atoms with Gasteiger partial charge in [0, 0.05) is 0 Å². The van der Waals surface area contributed by atoms with E-state index in [1.165, 1.54) is 18.8 Å². The molecule has 0 amide bonds. The predicted molar refractivity (Wildman–Crippen MR) is 106 cm³/mol. The second-order valence-corrected chi connectivity index (χ2v) is 17.5. The Bertz CT molecular complexity index is 818. The lowest BCUT2D eigenvalue weighted by Gasteiger charge is -2.24. The maximum Gasteiger partial charge on any atom is 0.523 e. The maximum absolute atomic E-state index is 11.8. The van der Waals surface area contributed by atoms with Crippen LogP contribution >= 0.6 is 20.6 Å². The molecule has 0 saturated heterocycles. The minimum atomic E-state index is -5.42.